The first kappa shape index (κ1) is 15.7. The Balaban J connectivity index is 3.49. The maximum Gasteiger partial charge on any atom is 0.306 e. The van der Waals surface area contributed by atoms with Crippen molar-refractivity contribution in [3.63, 3.8) is 0 Å². The van der Waals surface area contributed by atoms with Crippen molar-refractivity contribution in [1.29, 1.82) is 0 Å². The van der Waals surface area contributed by atoms with Crippen LogP contribution in [0.1, 0.15) is 27.2 Å². The zero-order valence-corrected chi connectivity index (χ0v) is 11.2. The van der Waals surface area contributed by atoms with Crippen LogP contribution in [0.4, 0.5) is 0 Å². The van der Waals surface area contributed by atoms with Crippen LogP contribution in [0.15, 0.2) is 0 Å². The highest BCUT2D eigenvalue weighted by atomic mass is 32.2. The van der Waals surface area contributed by atoms with Gasteiger partial charge in [0.15, 0.2) is 6.29 Å². The van der Waals surface area contributed by atoms with Crippen molar-refractivity contribution < 1.29 is 19.0 Å². The van der Waals surface area contributed by atoms with E-state index in [1.165, 1.54) is 0 Å². The van der Waals surface area contributed by atoms with Crippen LogP contribution in [0.3, 0.4) is 0 Å². The van der Waals surface area contributed by atoms with Gasteiger partial charge in [-0.3, -0.25) is 4.79 Å². The molecule has 0 aliphatic heterocycles. The molecular weight excluding hydrogens is 228 g/mol. The summed E-state index contributed by atoms with van der Waals surface area (Å²) in [7, 11) is 0. The third-order valence-corrected chi connectivity index (χ3v) is 2.72. The van der Waals surface area contributed by atoms with E-state index in [9.17, 15) is 4.79 Å². The van der Waals surface area contributed by atoms with Crippen LogP contribution in [0, 0.1) is 0 Å². The van der Waals surface area contributed by atoms with Gasteiger partial charge in [-0.25, -0.2) is 0 Å². The van der Waals surface area contributed by atoms with Gasteiger partial charge in [0.2, 0.25) is 0 Å². The Bertz CT molecular complexity index is 169. The predicted molar refractivity (Wildman–Crippen MR) is 65.6 cm³/mol. The van der Waals surface area contributed by atoms with E-state index in [0.29, 0.717) is 26.2 Å². The highest BCUT2D eigenvalue weighted by Crippen LogP contribution is 2.09. The van der Waals surface area contributed by atoms with E-state index in [2.05, 4.69) is 0 Å². The number of ether oxygens (including phenoxy) is 3. The Morgan fingerprint density at radius 2 is 1.75 bits per heavy atom. The van der Waals surface area contributed by atoms with Gasteiger partial charge in [-0.05, 0) is 20.8 Å². The zero-order chi connectivity index (χ0) is 12.2. The quantitative estimate of drug-likeness (QED) is 0.337. The second-order valence-electron chi connectivity index (χ2n) is 2.97. The summed E-state index contributed by atoms with van der Waals surface area (Å²) in [6.45, 7) is 7.42. The van der Waals surface area contributed by atoms with E-state index in [0.717, 1.165) is 11.5 Å². The van der Waals surface area contributed by atoms with Gasteiger partial charge in [0.1, 0.15) is 0 Å². The monoisotopic (exact) mass is 250 g/mol. The first-order valence-corrected chi connectivity index (χ1v) is 6.86. The predicted octanol–water partition coefficient (Wildman–Crippen LogP) is 2.07. The molecule has 0 aromatic carbocycles. The molecule has 4 nitrogen and oxygen atoms in total. The van der Waals surface area contributed by atoms with E-state index in [4.69, 9.17) is 14.2 Å². The second-order valence-corrected chi connectivity index (χ2v) is 4.12. The van der Waals surface area contributed by atoms with Gasteiger partial charge < -0.3 is 14.2 Å². The molecule has 0 N–H and O–H groups in total. The lowest BCUT2D eigenvalue weighted by Gasteiger charge is -2.16. The Morgan fingerprint density at radius 1 is 1.12 bits per heavy atom. The molecule has 0 spiro atoms. The lowest BCUT2D eigenvalue weighted by molar-refractivity contribution is -0.142. The maximum atomic E-state index is 11.0. The number of hydrogen-bond donors (Lipinski definition) is 0. The van der Waals surface area contributed by atoms with Gasteiger partial charge in [-0.1, -0.05) is 0 Å². The summed E-state index contributed by atoms with van der Waals surface area (Å²) in [5.41, 5.74) is 0. The third-order valence-electron chi connectivity index (χ3n) is 1.71. The minimum absolute atomic E-state index is 0.139. The molecule has 0 aliphatic rings. The van der Waals surface area contributed by atoms with Crippen molar-refractivity contribution >= 4 is 17.7 Å². The molecule has 5 heteroatoms. The number of carbonyl (C=O) groups excluding carboxylic acids is 1. The lowest BCUT2D eigenvalue weighted by atomic mass is 10.5. The van der Waals surface area contributed by atoms with Gasteiger partial charge in [0, 0.05) is 24.7 Å². The smallest absolute Gasteiger partial charge is 0.306 e. The highest BCUT2D eigenvalue weighted by molar-refractivity contribution is 7.99. The largest absolute Gasteiger partial charge is 0.466 e. The average molecular weight is 250 g/mol. The van der Waals surface area contributed by atoms with Crippen LogP contribution in [0.5, 0.6) is 0 Å². The average Bonchev–Trinajstić information content (AvgIpc) is 2.25. The van der Waals surface area contributed by atoms with Crippen LogP contribution in [-0.2, 0) is 19.0 Å². The highest BCUT2D eigenvalue weighted by Gasteiger charge is 2.08. The van der Waals surface area contributed by atoms with Gasteiger partial charge >= 0.3 is 5.97 Å². The van der Waals surface area contributed by atoms with Crippen molar-refractivity contribution in [3.8, 4) is 0 Å². The summed E-state index contributed by atoms with van der Waals surface area (Å²) in [6.07, 6.45) is 0.283. The van der Waals surface area contributed by atoms with Gasteiger partial charge in [-0.2, -0.15) is 11.8 Å². The molecule has 0 heterocycles. The molecule has 96 valence electrons. The zero-order valence-electron chi connectivity index (χ0n) is 10.4. The summed E-state index contributed by atoms with van der Waals surface area (Å²) >= 11 is 1.64. The SMILES string of the molecule is CCOC(=O)CCSCC(OCC)OCC. The van der Waals surface area contributed by atoms with Gasteiger partial charge in [0.05, 0.1) is 13.0 Å². The molecular formula is C11H22O4S. The minimum Gasteiger partial charge on any atom is -0.466 e. The molecule has 0 unspecified atom stereocenters. The molecule has 0 bridgehead atoms. The Kier molecular flexibility index (Phi) is 11.0. The Labute approximate surface area is 102 Å². The standard InChI is InChI=1S/C11H22O4S/c1-4-13-10(12)7-8-16-9-11(14-5-2)15-6-3/h11H,4-9H2,1-3H3. The van der Waals surface area contributed by atoms with E-state index in [-0.39, 0.29) is 12.3 Å². The van der Waals surface area contributed by atoms with E-state index in [1.54, 1.807) is 11.8 Å². The fraction of sp³-hybridized carbons (Fsp3) is 0.909. The minimum atomic E-state index is -0.165. The fourth-order valence-corrected chi connectivity index (χ4v) is 1.95. The van der Waals surface area contributed by atoms with Crippen LogP contribution in [-0.4, -0.2) is 43.6 Å². The number of esters is 1. The number of hydrogen-bond acceptors (Lipinski definition) is 5. The second kappa shape index (κ2) is 11.2. The molecule has 0 aromatic heterocycles. The fourth-order valence-electron chi connectivity index (χ4n) is 1.08. The van der Waals surface area contributed by atoms with Crippen molar-refractivity contribution in [2.24, 2.45) is 0 Å². The summed E-state index contributed by atoms with van der Waals surface area (Å²) < 4.78 is 15.6. The molecule has 0 atom stereocenters. The van der Waals surface area contributed by atoms with Crippen LogP contribution in [0.2, 0.25) is 0 Å². The molecule has 16 heavy (non-hydrogen) atoms. The van der Waals surface area contributed by atoms with Crippen molar-refractivity contribution in [3.05, 3.63) is 0 Å². The Hall–Kier alpha value is -0.260. The molecule has 0 radical (unpaired) electrons. The van der Waals surface area contributed by atoms with E-state index < -0.39 is 0 Å². The van der Waals surface area contributed by atoms with Crippen LogP contribution in [0.25, 0.3) is 0 Å². The molecule has 0 saturated carbocycles. The summed E-state index contributed by atoms with van der Waals surface area (Å²) in [5.74, 6) is 1.36. The summed E-state index contributed by atoms with van der Waals surface area (Å²) in [4.78, 5) is 11.0. The lowest BCUT2D eigenvalue weighted by Crippen LogP contribution is -2.20. The number of thioether (sulfide) groups is 1. The molecule has 0 rings (SSSR count). The summed E-state index contributed by atoms with van der Waals surface area (Å²) in [5, 5.41) is 0. The molecule has 0 amide bonds. The van der Waals surface area contributed by atoms with E-state index >= 15 is 0 Å². The van der Waals surface area contributed by atoms with Crippen LogP contribution >= 0.6 is 11.8 Å². The first-order chi connectivity index (χ1) is 7.74. The summed E-state index contributed by atoms with van der Waals surface area (Å²) in [6, 6.07) is 0. The normalized spacial score (nSPS) is 10.8. The Morgan fingerprint density at radius 3 is 2.25 bits per heavy atom. The first-order valence-electron chi connectivity index (χ1n) is 5.71. The van der Waals surface area contributed by atoms with Crippen molar-refractivity contribution in [2.45, 2.75) is 33.5 Å². The van der Waals surface area contributed by atoms with E-state index in [1.807, 2.05) is 20.8 Å². The van der Waals surface area contributed by atoms with Crippen LogP contribution < -0.4 is 0 Å². The topological polar surface area (TPSA) is 44.8 Å². The molecule has 0 aromatic rings. The van der Waals surface area contributed by atoms with Gasteiger partial charge in [-0.15, -0.1) is 0 Å². The molecule has 0 fully saturated rings. The third kappa shape index (κ3) is 9.00. The molecule has 0 saturated heterocycles. The molecule has 0 aliphatic carbocycles. The van der Waals surface area contributed by atoms with Gasteiger partial charge in [0.25, 0.3) is 0 Å². The van der Waals surface area contributed by atoms with Crippen molar-refractivity contribution in [1.82, 2.24) is 0 Å². The number of carbonyl (C=O) groups is 1. The maximum absolute atomic E-state index is 11.0. The van der Waals surface area contributed by atoms with Crippen molar-refractivity contribution in [2.75, 3.05) is 31.3 Å². The number of rotatable bonds is 10.